The van der Waals surface area contributed by atoms with Crippen LogP contribution >= 0.6 is 15.9 Å². The highest BCUT2D eigenvalue weighted by Crippen LogP contribution is 2.21. The normalized spacial score (nSPS) is 10.7. The van der Waals surface area contributed by atoms with Crippen molar-refractivity contribution in [3.63, 3.8) is 0 Å². The van der Waals surface area contributed by atoms with E-state index >= 15 is 0 Å². The number of hydrogen-bond donors (Lipinski definition) is 1. The zero-order valence-electron chi connectivity index (χ0n) is 7.33. The van der Waals surface area contributed by atoms with Crippen molar-refractivity contribution in [2.75, 3.05) is 0 Å². The second-order valence-corrected chi connectivity index (χ2v) is 3.37. The Morgan fingerprint density at radius 2 is 2.47 bits per heavy atom. The maximum atomic E-state index is 10.4. The van der Waals surface area contributed by atoms with Gasteiger partial charge >= 0.3 is 11.8 Å². The number of rotatable bonds is 4. The Morgan fingerprint density at radius 3 is 2.93 bits per heavy atom. The lowest BCUT2D eigenvalue weighted by molar-refractivity contribution is -0.390. The van der Waals surface area contributed by atoms with E-state index in [1.165, 1.54) is 17.0 Å². The van der Waals surface area contributed by atoms with Crippen LogP contribution in [0.15, 0.2) is 22.8 Å². The van der Waals surface area contributed by atoms with Gasteiger partial charge in [-0.25, -0.2) is 4.79 Å². The molecule has 0 amide bonds. The molecule has 1 aromatic rings. The Balaban J connectivity index is 2.76. The number of allylic oxidation sites excluding steroid dienone is 1. The van der Waals surface area contributed by atoms with Gasteiger partial charge in [-0.2, -0.15) is 4.68 Å². The van der Waals surface area contributed by atoms with Crippen molar-refractivity contribution in [1.29, 1.82) is 0 Å². The highest BCUT2D eigenvalue weighted by molar-refractivity contribution is 9.10. The first-order valence-corrected chi connectivity index (χ1v) is 4.57. The molecule has 0 radical (unpaired) electrons. The number of carboxylic acids is 1. The summed E-state index contributed by atoms with van der Waals surface area (Å²) in [6.07, 6.45) is 3.69. The van der Waals surface area contributed by atoms with E-state index in [9.17, 15) is 14.9 Å². The molecule has 1 heterocycles. The summed E-state index contributed by atoms with van der Waals surface area (Å²) >= 11 is 2.97. The fraction of sp³-hybridized carbons (Fsp3) is 0.143. The van der Waals surface area contributed by atoms with Crippen molar-refractivity contribution in [3.05, 3.63) is 32.9 Å². The van der Waals surface area contributed by atoms with Crippen molar-refractivity contribution in [3.8, 4) is 0 Å². The first-order chi connectivity index (χ1) is 7.00. The number of nitro groups is 1. The second-order valence-electron chi connectivity index (χ2n) is 2.52. The number of aromatic nitrogens is 2. The first kappa shape index (κ1) is 11.4. The minimum Gasteiger partial charge on any atom is -0.478 e. The van der Waals surface area contributed by atoms with Crippen LogP contribution in [0.5, 0.6) is 0 Å². The van der Waals surface area contributed by atoms with Crippen LogP contribution in [0.2, 0.25) is 0 Å². The van der Waals surface area contributed by atoms with Crippen molar-refractivity contribution < 1.29 is 14.8 Å². The molecule has 1 aromatic heterocycles. The van der Waals surface area contributed by atoms with Gasteiger partial charge in [-0.15, -0.1) is 0 Å². The summed E-state index contributed by atoms with van der Waals surface area (Å²) in [7, 11) is 0. The third-order valence-corrected chi connectivity index (χ3v) is 1.98. The summed E-state index contributed by atoms with van der Waals surface area (Å²) in [6.45, 7) is 0.165. The SMILES string of the molecule is O=C(O)C=CCn1cc(Br)c([N+](=O)[O-])n1. The van der Waals surface area contributed by atoms with Crippen LogP contribution in [-0.2, 0) is 11.3 Å². The van der Waals surface area contributed by atoms with E-state index in [-0.39, 0.29) is 16.8 Å². The van der Waals surface area contributed by atoms with Gasteiger partial charge in [0.15, 0.2) is 0 Å². The highest BCUT2D eigenvalue weighted by Gasteiger charge is 2.17. The van der Waals surface area contributed by atoms with E-state index < -0.39 is 10.9 Å². The number of carbonyl (C=O) groups is 1. The Morgan fingerprint density at radius 1 is 1.80 bits per heavy atom. The topological polar surface area (TPSA) is 98.3 Å². The molecular formula is C7H6BrN3O4. The van der Waals surface area contributed by atoms with Gasteiger partial charge in [0.1, 0.15) is 4.47 Å². The summed E-state index contributed by atoms with van der Waals surface area (Å²) < 4.78 is 1.53. The molecule has 0 aliphatic rings. The second kappa shape index (κ2) is 4.69. The smallest absolute Gasteiger partial charge is 0.404 e. The molecule has 15 heavy (non-hydrogen) atoms. The molecular weight excluding hydrogens is 270 g/mol. The third kappa shape index (κ3) is 3.17. The van der Waals surface area contributed by atoms with Gasteiger partial charge < -0.3 is 15.2 Å². The molecule has 0 aliphatic heterocycles. The summed E-state index contributed by atoms with van der Waals surface area (Å²) in [5, 5.41) is 22.3. The summed E-state index contributed by atoms with van der Waals surface area (Å²) in [4.78, 5) is 19.9. The van der Waals surface area contributed by atoms with Gasteiger partial charge in [-0.1, -0.05) is 6.08 Å². The van der Waals surface area contributed by atoms with Crippen LogP contribution in [0, 0.1) is 10.1 Å². The zero-order valence-corrected chi connectivity index (χ0v) is 8.92. The molecule has 0 saturated carbocycles. The number of nitrogens with zero attached hydrogens (tertiary/aromatic N) is 3. The summed E-state index contributed by atoms with van der Waals surface area (Å²) in [5.41, 5.74) is 0. The Kier molecular flexibility index (Phi) is 3.56. The number of hydrogen-bond acceptors (Lipinski definition) is 4. The fourth-order valence-corrected chi connectivity index (χ4v) is 1.33. The predicted molar refractivity (Wildman–Crippen MR) is 53.4 cm³/mol. The molecule has 0 fully saturated rings. The number of carboxylic acid groups (broad SMARTS) is 1. The maximum Gasteiger partial charge on any atom is 0.404 e. The number of halogens is 1. The van der Waals surface area contributed by atoms with Crippen molar-refractivity contribution in [2.45, 2.75) is 6.54 Å². The molecule has 0 saturated heterocycles. The van der Waals surface area contributed by atoms with Gasteiger partial charge in [0, 0.05) is 6.08 Å². The third-order valence-electron chi connectivity index (χ3n) is 1.42. The van der Waals surface area contributed by atoms with Crippen LogP contribution in [0.1, 0.15) is 0 Å². The van der Waals surface area contributed by atoms with Gasteiger partial charge in [-0.05, 0) is 20.9 Å². The van der Waals surface area contributed by atoms with Crippen molar-refractivity contribution in [2.24, 2.45) is 0 Å². The lowest BCUT2D eigenvalue weighted by Gasteiger charge is -1.87. The fourth-order valence-electron chi connectivity index (χ4n) is 0.866. The quantitative estimate of drug-likeness (QED) is 0.506. The average molecular weight is 276 g/mol. The van der Waals surface area contributed by atoms with Crippen molar-refractivity contribution in [1.82, 2.24) is 9.78 Å². The van der Waals surface area contributed by atoms with Crippen molar-refractivity contribution >= 4 is 27.7 Å². The molecule has 0 bridgehead atoms. The maximum absolute atomic E-state index is 10.4. The van der Waals surface area contributed by atoms with Crippen LogP contribution in [0.25, 0.3) is 0 Å². The zero-order chi connectivity index (χ0) is 11.4. The van der Waals surface area contributed by atoms with E-state index in [0.717, 1.165) is 6.08 Å². The number of aliphatic carboxylic acids is 1. The minimum atomic E-state index is -1.07. The lowest BCUT2D eigenvalue weighted by atomic mass is 10.5. The van der Waals surface area contributed by atoms with E-state index in [0.29, 0.717) is 0 Å². The van der Waals surface area contributed by atoms with Crippen LogP contribution in [0.3, 0.4) is 0 Å². The molecule has 0 atom stereocenters. The van der Waals surface area contributed by atoms with Crippen LogP contribution in [0.4, 0.5) is 5.82 Å². The van der Waals surface area contributed by atoms with Gasteiger partial charge in [-0.3, -0.25) is 0 Å². The first-order valence-electron chi connectivity index (χ1n) is 3.77. The lowest BCUT2D eigenvalue weighted by Crippen LogP contribution is -1.98. The minimum absolute atomic E-state index is 0.165. The Bertz CT molecular complexity index is 426. The van der Waals surface area contributed by atoms with E-state index in [2.05, 4.69) is 21.0 Å². The Hall–Kier alpha value is -1.70. The monoisotopic (exact) mass is 275 g/mol. The van der Waals surface area contributed by atoms with Gasteiger partial charge in [0.05, 0.1) is 17.8 Å². The van der Waals surface area contributed by atoms with Gasteiger partial charge in [0.25, 0.3) is 0 Å². The van der Waals surface area contributed by atoms with Crippen LogP contribution < -0.4 is 0 Å². The molecule has 0 aromatic carbocycles. The molecule has 1 rings (SSSR count). The van der Waals surface area contributed by atoms with E-state index in [1.807, 2.05) is 0 Å². The largest absolute Gasteiger partial charge is 0.478 e. The average Bonchev–Trinajstić information content (AvgIpc) is 2.46. The molecule has 7 nitrogen and oxygen atoms in total. The van der Waals surface area contributed by atoms with Crippen LogP contribution in [-0.4, -0.2) is 25.8 Å². The molecule has 0 unspecified atom stereocenters. The molecule has 8 heteroatoms. The Labute approximate surface area is 92.3 Å². The van der Waals surface area contributed by atoms with E-state index in [1.54, 1.807) is 0 Å². The molecule has 1 N–H and O–H groups in total. The highest BCUT2D eigenvalue weighted by atomic mass is 79.9. The molecule has 0 aliphatic carbocycles. The van der Waals surface area contributed by atoms with E-state index in [4.69, 9.17) is 5.11 Å². The molecule has 80 valence electrons. The summed E-state index contributed by atoms with van der Waals surface area (Å²) in [6, 6.07) is 0. The standard InChI is InChI=1S/C7H6BrN3O4/c8-5-4-10(3-1-2-6(12)13)9-7(5)11(14)15/h1-2,4H,3H2,(H,12,13). The van der Waals surface area contributed by atoms with Gasteiger partial charge in [0.2, 0.25) is 0 Å². The summed E-state index contributed by atoms with van der Waals surface area (Å²) in [5.74, 6) is -1.37. The molecule has 0 spiro atoms. The predicted octanol–water partition coefficient (Wildman–Crippen LogP) is 1.19.